The lowest BCUT2D eigenvalue weighted by Gasteiger charge is -2.14. The van der Waals surface area contributed by atoms with Gasteiger partial charge in [-0.25, -0.2) is 4.68 Å². The lowest BCUT2D eigenvalue weighted by molar-refractivity contribution is 0.0615. The Morgan fingerprint density at radius 2 is 2.17 bits per heavy atom. The van der Waals surface area contributed by atoms with Gasteiger partial charge in [0.25, 0.3) is 0 Å². The van der Waals surface area contributed by atoms with E-state index in [4.69, 9.17) is 10.5 Å². The first kappa shape index (κ1) is 14.8. The number of rotatable bonds is 7. The molecule has 1 rings (SSSR count). The van der Waals surface area contributed by atoms with E-state index in [1.165, 1.54) is 0 Å². The van der Waals surface area contributed by atoms with Crippen LogP contribution in [0.25, 0.3) is 0 Å². The van der Waals surface area contributed by atoms with Crippen molar-refractivity contribution in [1.82, 2.24) is 9.78 Å². The van der Waals surface area contributed by atoms with Gasteiger partial charge in [0.05, 0.1) is 24.1 Å². The normalized spacial score (nSPS) is 13.0. The summed E-state index contributed by atoms with van der Waals surface area (Å²) < 4.78 is 6.74. The number of nitrogens with zero attached hydrogens (tertiary/aromatic N) is 2. The molecule has 0 aliphatic rings. The van der Waals surface area contributed by atoms with Gasteiger partial charge in [-0.05, 0) is 27.2 Å². The van der Waals surface area contributed by atoms with E-state index in [2.05, 4.69) is 24.3 Å². The zero-order chi connectivity index (χ0) is 13.7. The average Bonchev–Trinajstić information content (AvgIpc) is 2.57. The topological polar surface area (TPSA) is 85.3 Å². The molecule has 0 saturated carbocycles. The van der Waals surface area contributed by atoms with E-state index in [9.17, 15) is 5.11 Å². The van der Waals surface area contributed by atoms with Gasteiger partial charge in [0.15, 0.2) is 0 Å². The van der Waals surface area contributed by atoms with Gasteiger partial charge in [-0.15, -0.1) is 0 Å². The van der Waals surface area contributed by atoms with Crippen molar-refractivity contribution >= 4 is 11.5 Å². The third-order valence-corrected chi connectivity index (χ3v) is 2.75. The van der Waals surface area contributed by atoms with Crippen LogP contribution in [0.3, 0.4) is 0 Å². The molecule has 0 saturated heterocycles. The minimum atomic E-state index is -0.458. The number of aliphatic hydroxyl groups excluding tert-OH is 1. The molecule has 0 spiro atoms. The summed E-state index contributed by atoms with van der Waals surface area (Å²) in [6.07, 6.45) is 0.149. The van der Waals surface area contributed by atoms with E-state index in [1.54, 1.807) is 7.11 Å². The zero-order valence-electron chi connectivity index (χ0n) is 11.6. The number of ether oxygens (including phenoxy) is 1. The molecule has 1 heterocycles. The maximum absolute atomic E-state index is 9.56. The van der Waals surface area contributed by atoms with Gasteiger partial charge in [-0.3, -0.25) is 0 Å². The average molecular weight is 256 g/mol. The number of nitrogens with one attached hydrogen (secondary N) is 1. The summed E-state index contributed by atoms with van der Waals surface area (Å²) in [5.41, 5.74) is 7.48. The Morgan fingerprint density at radius 1 is 1.50 bits per heavy atom. The SMILES string of the molecule is COCC(O)CCNc1c(N)c(C)nn1C(C)C. The van der Waals surface area contributed by atoms with Gasteiger partial charge in [-0.2, -0.15) is 5.10 Å². The highest BCUT2D eigenvalue weighted by Gasteiger charge is 2.14. The number of nitrogen functional groups attached to an aromatic ring is 1. The number of methoxy groups -OCH3 is 1. The van der Waals surface area contributed by atoms with Crippen molar-refractivity contribution in [2.24, 2.45) is 0 Å². The lowest BCUT2D eigenvalue weighted by Crippen LogP contribution is -2.20. The molecule has 18 heavy (non-hydrogen) atoms. The monoisotopic (exact) mass is 256 g/mol. The smallest absolute Gasteiger partial charge is 0.148 e. The number of anilines is 2. The van der Waals surface area contributed by atoms with Crippen molar-refractivity contribution in [3.8, 4) is 0 Å². The number of aliphatic hydroxyl groups is 1. The van der Waals surface area contributed by atoms with E-state index in [0.717, 1.165) is 11.5 Å². The molecule has 1 aromatic heterocycles. The fourth-order valence-electron chi connectivity index (χ4n) is 1.74. The van der Waals surface area contributed by atoms with Crippen LogP contribution in [-0.4, -0.2) is 41.3 Å². The van der Waals surface area contributed by atoms with Crippen LogP contribution in [0.15, 0.2) is 0 Å². The first-order valence-electron chi connectivity index (χ1n) is 6.22. The fourth-order valence-corrected chi connectivity index (χ4v) is 1.74. The van der Waals surface area contributed by atoms with Crippen molar-refractivity contribution in [2.45, 2.75) is 39.3 Å². The Hall–Kier alpha value is -1.27. The van der Waals surface area contributed by atoms with Crippen LogP contribution in [0, 0.1) is 6.92 Å². The minimum Gasteiger partial charge on any atom is -0.394 e. The summed E-state index contributed by atoms with van der Waals surface area (Å²) >= 11 is 0. The highest BCUT2D eigenvalue weighted by Crippen LogP contribution is 2.25. The predicted octanol–water partition coefficient (Wildman–Crippen LogP) is 1.16. The number of hydrogen-bond donors (Lipinski definition) is 3. The molecule has 0 aliphatic heterocycles. The summed E-state index contributed by atoms with van der Waals surface area (Å²) in [6.45, 7) is 6.97. The zero-order valence-corrected chi connectivity index (χ0v) is 11.6. The molecule has 1 atom stereocenters. The Kier molecular flexibility index (Phi) is 5.43. The first-order valence-corrected chi connectivity index (χ1v) is 6.22. The van der Waals surface area contributed by atoms with E-state index in [-0.39, 0.29) is 6.04 Å². The third-order valence-electron chi connectivity index (χ3n) is 2.75. The molecule has 1 unspecified atom stereocenters. The standard InChI is InChI=1S/C12H24N4O2/c1-8(2)16-12(11(13)9(3)15-16)14-6-5-10(17)7-18-4/h8,10,14,17H,5-7,13H2,1-4H3. The molecule has 104 valence electrons. The van der Waals surface area contributed by atoms with Crippen molar-refractivity contribution in [3.63, 3.8) is 0 Å². The molecule has 0 amide bonds. The van der Waals surface area contributed by atoms with E-state index >= 15 is 0 Å². The van der Waals surface area contributed by atoms with Crippen molar-refractivity contribution in [3.05, 3.63) is 5.69 Å². The molecule has 0 aromatic carbocycles. The van der Waals surface area contributed by atoms with Gasteiger partial charge in [-0.1, -0.05) is 0 Å². The van der Waals surface area contributed by atoms with E-state index in [1.807, 2.05) is 11.6 Å². The maximum atomic E-state index is 9.56. The molecular weight excluding hydrogens is 232 g/mol. The fraction of sp³-hybridized carbons (Fsp3) is 0.750. The quantitative estimate of drug-likeness (QED) is 0.681. The van der Waals surface area contributed by atoms with Gasteiger partial charge in [0.1, 0.15) is 5.82 Å². The van der Waals surface area contributed by atoms with E-state index in [0.29, 0.717) is 25.3 Å². The molecule has 0 fully saturated rings. The second kappa shape index (κ2) is 6.61. The summed E-state index contributed by atoms with van der Waals surface area (Å²) in [4.78, 5) is 0. The number of aryl methyl sites for hydroxylation is 1. The molecule has 4 N–H and O–H groups in total. The molecule has 0 aliphatic carbocycles. The Balaban J connectivity index is 2.61. The molecule has 1 aromatic rings. The Bertz CT molecular complexity index is 376. The number of aromatic nitrogens is 2. The molecule has 6 nitrogen and oxygen atoms in total. The van der Waals surface area contributed by atoms with Crippen LogP contribution in [0.2, 0.25) is 0 Å². The van der Waals surface area contributed by atoms with Gasteiger partial charge in [0, 0.05) is 19.7 Å². The van der Waals surface area contributed by atoms with Crippen LogP contribution >= 0.6 is 0 Å². The van der Waals surface area contributed by atoms with Crippen LogP contribution in [0.1, 0.15) is 32.0 Å². The predicted molar refractivity (Wildman–Crippen MR) is 72.8 cm³/mol. The van der Waals surface area contributed by atoms with Gasteiger partial charge < -0.3 is 20.9 Å². The highest BCUT2D eigenvalue weighted by molar-refractivity contribution is 5.64. The van der Waals surface area contributed by atoms with Crippen LogP contribution in [-0.2, 0) is 4.74 Å². The van der Waals surface area contributed by atoms with Gasteiger partial charge >= 0.3 is 0 Å². The third kappa shape index (κ3) is 3.61. The lowest BCUT2D eigenvalue weighted by atomic mass is 10.2. The molecular formula is C12H24N4O2. The largest absolute Gasteiger partial charge is 0.394 e. The number of hydrogen-bond acceptors (Lipinski definition) is 5. The van der Waals surface area contributed by atoms with Crippen LogP contribution in [0.4, 0.5) is 11.5 Å². The molecule has 0 radical (unpaired) electrons. The minimum absolute atomic E-state index is 0.243. The highest BCUT2D eigenvalue weighted by atomic mass is 16.5. The second-order valence-corrected chi connectivity index (χ2v) is 4.71. The second-order valence-electron chi connectivity index (χ2n) is 4.71. The van der Waals surface area contributed by atoms with Gasteiger partial charge in [0.2, 0.25) is 0 Å². The summed E-state index contributed by atoms with van der Waals surface area (Å²) in [5, 5.41) is 17.2. The number of nitrogens with two attached hydrogens (primary N) is 1. The first-order chi connectivity index (χ1) is 8.47. The van der Waals surface area contributed by atoms with Crippen molar-refractivity contribution < 1.29 is 9.84 Å². The Labute approximate surface area is 108 Å². The maximum Gasteiger partial charge on any atom is 0.148 e. The summed E-state index contributed by atoms with van der Waals surface area (Å²) in [5.74, 6) is 0.826. The summed E-state index contributed by atoms with van der Waals surface area (Å²) in [7, 11) is 1.58. The van der Waals surface area contributed by atoms with Crippen LogP contribution in [0.5, 0.6) is 0 Å². The Morgan fingerprint density at radius 3 is 2.72 bits per heavy atom. The molecule has 0 bridgehead atoms. The summed E-state index contributed by atoms with van der Waals surface area (Å²) in [6, 6.07) is 0.243. The van der Waals surface area contributed by atoms with Crippen molar-refractivity contribution in [2.75, 3.05) is 31.3 Å². The van der Waals surface area contributed by atoms with Crippen LogP contribution < -0.4 is 11.1 Å². The van der Waals surface area contributed by atoms with Crippen molar-refractivity contribution in [1.29, 1.82) is 0 Å². The molecule has 6 heteroatoms. The van der Waals surface area contributed by atoms with E-state index < -0.39 is 6.10 Å².